The predicted molar refractivity (Wildman–Crippen MR) is 91.9 cm³/mol. The molecule has 1 aliphatic carbocycles. The zero-order chi connectivity index (χ0) is 15.9. The Morgan fingerprint density at radius 3 is 2.65 bits per heavy atom. The van der Waals surface area contributed by atoms with Crippen molar-refractivity contribution >= 4 is 9.84 Å². The molecule has 0 bridgehead atoms. The summed E-state index contributed by atoms with van der Waals surface area (Å²) in [6, 6.07) is 11.4. The smallest absolute Gasteiger partial charge is 0.151 e. The zero-order valence-electron chi connectivity index (χ0n) is 13.5. The Bertz CT molecular complexity index is 646. The van der Waals surface area contributed by atoms with E-state index in [-0.39, 0.29) is 6.04 Å². The van der Waals surface area contributed by atoms with E-state index < -0.39 is 9.84 Å². The van der Waals surface area contributed by atoms with Gasteiger partial charge in [0.2, 0.25) is 0 Å². The largest absolute Gasteiger partial charge is 0.310 e. The van der Waals surface area contributed by atoms with Crippen LogP contribution in [0, 0.1) is 11.8 Å². The second-order valence-corrected chi connectivity index (χ2v) is 9.78. The summed E-state index contributed by atoms with van der Waals surface area (Å²) >= 11 is 0. The van der Waals surface area contributed by atoms with Crippen LogP contribution in [0.1, 0.15) is 24.8 Å². The van der Waals surface area contributed by atoms with Gasteiger partial charge < -0.3 is 5.32 Å². The summed E-state index contributed by atoms with van der Waals surface area (Å²) < 4.78 is 23.3. The van der Waals surface area contributed by atoms with Gasteiger partial charge in [0, 0.05) is 31.7 Å². The molecule has 1 aromatic carbocycles. The molecule has 1 aromatic rings. The highest BCUT2D eigenvalue weighted by molar-refractivity contribution is 7.91. The van der Waals surface area contributed by atoms with Gasteiger partial charge in [-0.3, -0.25) is 4.90 Å². The Kier molecular flexibility index (Phi) is 4.20. The van der Waals surface area contributed by atoms with Gasteiger partial charge >= 0.3 is 0 Å². The Hall–Kier alpha value is -0.910. The molecule has 0 spiro atoms. The summed E-state index contributed by atoms with van der Waals surface area (Å²) in [5.41, 5.74) is 1.39. The number of rotatable bonds is 4. The maximum Gasteiger partial charge on any atom is 0.151 e. The number of nitrogens with zero attached hydrogens (tertiary/aromatic N) is 1. The van der Waals surface area contributed by atoms with E-state index in [0.29, 0.717) is 23.5 Å². The van der Waals surface area contributed by atoms with Gasteiger partial charge in [0.1, 0.15) is 0 Å². The first-order valence-corrected chi connectivity index (χ1v) is 10.6. The van der Waals surface area contributed by atoms with Crippen molar-refractivity contribution < 1.29 is 8.42 Å². The molecule has 23 heavy (non-hydrogen) atoms. The van der Waals surface area contributed by atoms with Crippen molar-refractivity contribution in [1.82, 2.24) is 10.2 Å². The van der Waals surface area contributed by atoms with E-state index in [1.165, 1.54) is 24.9 Å². The van der Waals surface area contributed by atoms with Crippen LogP contribution in [-0.2, 0) is 16.4 Å². The summed E-state index contributed by atoms with van der Waals surface area (Å²) in [5, 5.41) is 3.68. The molecule has 3 fully saturated rings. The standard InChI is InChI=1S/C18H26N2O2S/c21-23(22)9-8-16(13-23)19-18-7-6-15-11-20(12-17(15)18)10-14-4-2-1-3-5-14/h1-5,15-19H,6-13H2. The average Bonchev–Trinajstić information content (AvgIpc) is 3.17. The quantitative estimate of drug-likeness (QED) is 0.910. The molecule has 4 rings (SSSR count). The van der Waals surface area contributed by atoms with Crippen LogP contribution < -0.4 is 5.32 Å². The lowest BCUT2D eigenvalue weighted by molar-refractivity contribution is 0.283. The van der Waals surface area contributed by atoms with Gasteiger partial charge in [-0.1, -0.05) is 30.3 Å². The first kappa shape index (κ1) is 15.6. The van der Waals surface area contributed by atoms with E-state index in [1.54, 1.807) is 0 Å². The van der Waals surface area contributed by atoms with Crippen LogP contribution in [0.15, 0.2) is 30.3 Å². The first-order chi connectivity index (χ1) is 11.1. The maximum absolute atomic E-state index is 11.6. The van der Waals surface area contributed by atoms with Crippen LogP contribution in [-0.4, -0.2) is 50.0 Å². The number of likely N-dealkylation sites (tertiary alicyclic amines) is 1. The number of benzene rings is 1. The fraction of sp³-hybridized carbons (Fsp3) is 0.667. The van der Waals surface area contributed by atoms with Crippen LogP contribution in [0.3, 0.4) is 0 Å². The van der Waals surface area contributed by atoms with Crippen molar-refractivity contribution in [3.8, 4) is 0 Å². The molecule has 2 aliphatic heterocycles. The number of sulfone groups is 1. The van der Waals surface area contributed by atoms with E-state index in [4.69, 9.17) is 0 Å². The second kappa shape index (κ2) is 6.19. The van der Waals surface area contributed by atoms with E-state index in [2.05, 4.69) is 40.5 Å². The first-order valence-electron chi connectivity index (χ1n) is 8.82. The van der Waals surface area contributed by atoms with Crippen LogP contribution in [0.2, 0.25) is 0 Å². The van der Waals surface area contributed by atoms with E-state index in [9.17, 15) is 8.42 Å². The van der Waals surface area contributed by atoms with Gasteiger partial charge in [0.05, 0.1) is 11.5 Å². The van der Waals surface area contributed by atoms with E-state index in [1.807, 2.05) is 0 Å². The van der Waals surface area contributed by atoms with Crippen LogP contribution in [0.5, 0.6) is 0 Å². The SMILES string of the molecule is O=S1(=O)CCC(NC2CCC3CN(Cc4ccccc4)CC32)C1. The molecule has 3 aliphatic rings. The lowest BCUT2D eigenvalue weighted by atomic mass is 9.97. The fourth-order valence-electron chi connectivity index (χ4n) is 4.76. The highest BCUT2D eigenvalue weighted by atomic mass is 32.2. The molecule has 1 N–H and O–H groups in total. The second-order valence-electron chi connectivity index (χ2n) is 7.55. The molecular formula is C18H26N2O2S. The minimum atomic E-state index is -2.78. The maximum atomic E-state index is 11.6. The minimum absolute atomic E-state index is 0.187. The molecule has 1 saturated carbocycles. The Morgan fingerprint density at radius 1 is 1.09 bits per heavy atom. The molecule has 2 saturated heterocycles. The van der Waals surface area contributed by atoms with Gasteiger partial charge in [-0.25, -0.2) is 8.42 Å². The monoisotopic (exact) mass is 334 g/mol. The molecule has 0 amide bonds. The number of fused-ring (bicyclic) bond motifs is 1. The summed E-state index contributed by atoms with van der Waals surface area (Å²) in [7, 11) is -2.78. The van der Waals surface area contributed by atoms with Crippen LogP contribution in [0.4, 0.5) is 0 Å². The molecule has 5 heteroatoms. The van der Waals surface area contributed by atoms with E-state index >= 15 is 0 Å². The Morgan fingerprint density at radius 2 is 1.91 bits per heavy atom. The van der Waals surface area contributed by atoms with Gasteiger partial charge in [-0.15, -0.1) is 0 Å². The highest BCUT2D eigenvalue weighted by Gasteiger charge is 2.43. The molecule has 0 radical (unpaired) electrons. The predicted octanol–water partition coefficient (Wildman–Crippen LogP) is 1.67. The zero-order valence-corrected chi connectivity index (χ0v) is 14.3. The van der Waals surface area contributed by atoms with Crippen molar-refractivity contribution in [2.24, 2.45) is 11.8 Å². The topological polar surface area (TPSA) is 49.4 Å². The van der Waals surface area contributed by atoms with Crippen molar-refractivity contribution in [1.29, 1.82) is 0 Å². The highest BCUT2D eigenvalue weighted by Crippen LogP contribution is 2.39. The average molecular weight is 334 g/mol. The summed E-state index contributed by atoms with van der Waals surface area (Å²) in [5.74, 6) is 2.19. The molecule has 2 heterocycles. The van der Waals surface area contributed by atoms with Crippen molar-refractivity contribution in [3.63, 3.8) is 0 Å². The lowest BCUT2D eigenvalue weighted by Crippen LogP contribution is -2.42. The number of hydrogen-bond acceptors (Lipinski definition) is 4. The van der Waals surface area contributed by atoms with Crippen molar-refractivity contribution in [3.05, 3.63) is 35.9 Å². The summed E-state index contributed by atoms with van der Waals surface area (Å²) in [6.45, 7) is 3.38. The third-order valence-electron chi connectivity index (χ3n) is 5.86. The molecule has 126 valence electrons. The summed E-state index contributed by atoms with van der Waals surface area (Å²) in [4.78, 5) is 2.57. The van der Waals surface area contributed by atoms with Gasteiger partial charge in [-0.05, 0) is 36.7 Å². The third-order valence-corrected chi connectivity index (χ3v) is 7.63. The van der Waals surface area contributed by atoms with Gasteiger partial charge in [-0.2, -0.15) is 0 Å². The van der Waals surface area contributed by atoms with Gasteiger partial charge in [0.25, 0.3) is 0 Å². The lowest BCUT2D eigenvalue weighted by Gasteiger charge is -2.24. The Labute approximate surface area is 139 Å². The summed E-state index contributed by atoms with van der Waals surface area (Å²) in [6.07, 6.45) is 3.29. The molecule has 0 aromatic heterocycles. The normalized spacial score (nSPS) is 36.3. The molecule has 4 atom stereocenters. The van der Waals surface area contributed by atoms with Crippen LogP contribution in [0.25, 0.3) is 0 Å². The fourth-order valence-corrected chi connectivity index (χ4v) is 6.45. The van der Waals surface area contributed by atoms with E-state index in [0.717, 1.165) is 25.4 Å². The number of hydrogen-bond donors (Lipinski definition) is 1. The molecular weight excluding hydrogens is 308 g/mol. The van der Waals surface area contributed by atoms with Crippen molar-refractivity contribution in [2.75, 3.05) is 24.6 Å². The van der Waals surface area contributed by atoms with Crippen LogP contribution >= 0.6 is 0 Å². The Balaban J connectivity index is 1.34. The molecule has 4 nitrogen and oxygen atoms in total. The number of nitrogens with one attached hydrogen (secondary N) is 1. The van der Waals surface area contributed by atoms with Gasteiger partial charge in [0.15, 0.2) is 9.84 Å². The van der Waals surface area contributed by atoms with Crippen molar-refractivity contribution in [2.45, 2.75) is 37.9 Å². The molecule has 4 unspecified atom stereocenters. The third kappa shape index (κ3) is 3.47. The minimum Gasteiger partial charge on any atom is -0.310 e.